The molecule has 0 radical (unpaired) electrons. The number of ether oxygens (including phenoxy) is 1. The second-order valence-corrected chi connectivity index (χ2v) is 4.56. The van der Waals surface area contributed by atoms with Crippen molar-refractivity contribution in [2.75, 3.05) is 0 Å². The normalized spacial score (nSPS) is 10.3. The summed E-state index contributed by atoms with van der Waals surface area (Å²) >= 11 is 1.41. The van der Waals surface area contributed by atoms with Crippen molar-refractivity contribution in [3.05, 3.63) is 45.7 Å². The lowest BCUT2D eigenvalue weighted by molar-refractivity contribution is 0.0691. The first-order chi connectivity index (χ1) is 8.56. The minimum atomic E-state index is -1.15. The van der Waals surface area contributed by atoms with Crippen LogP contribution in [0.5, 0.6) is 5.75 Å². The zero-order chi connectivity index (χ0) is 13.1. The van der Waals surface area contributed by atoms with Gasteiger partial charge in [-0.25, -0.2) is 14.2 Å². The molecule has 94 valence electrons. The fourth-order valence-electron chi connectivity index (χ4n) is 1.40. The molecule has 0 aliphatic carbocycles. The van der Waals surface area contributed by atoms with E-state index in [1.54, 1.807) is 0 Å². The summed E-state index contributed by atoms with van der Waals surface area (Å²) in [7, 11) is 0. The van der Waals surface area contributed by atoms with Crippen molar-refractivity contribution in [2.24, 2.45) is 0 Å². The van der Waals surface area contributed by atoms with Gasteiger partial charge in [-0.3, -0.25) is 0 Å². The molecule has 0 aliphatic rings. The molecule has 1 aromatic heterocycles. The molecule has 2 rings (SSSR count). The monoisotopic (exact) mass is 267 g/mol. The summed E-state index contributed by atoms with van der Waals surface area (Å²) in [6, 6.07) is 3.33. The van der Waals surface area contributed by atoms with Crippen LogP contribution < -0.4 is 4.74 Å². The fourth-order valence-corrected chi connectivity index (χ4v) is 2.08. The number of carbonyl (C=O) groups is 1. The van der Waals surface area contributed by atoms with Crippen LogP contribution in [0, 0.1) is 12.7 Å². The average molecular weight is 267 g/mol. The third-order valence-electron chi connectivity index (χ3n) is 2.19. The third-order valence-corrected chi connectivity index (χ3v) is 3.13. The van der Waals surface area contributed by atoms with E-state index in [4.69, 9.17) is 9.84 Å². The number of aromatic nitrogens is 1. The molecule has 0 bridgehead atoms. The highest BCUT2D eigenvalue weighted by Crippen LogP contribution is 2.22. The van der Waals surface area contributed by atoms with Crippen molar-refractivity contribution in [1.82, 2.24) is 4.98 Å². The summed E-state index contributed by atoms with van der Waals surface area (Å²) in [5.74, 6) is -1.68. The molecule has 0 spiro atoms. The molecule has 0 saturated heterocycles. The second kappa shape index (κ2) is 5.14. The first-order valence-corrected chi connectivity index (χ1v) is 6.01. The van der Waals surface area contributed by atoms with Gasteiger partial charge in [0.05, 0.1) is 0 Å². The molecule has 1 N–H and O–H groups in total. The highest BCUT2D eigenvalue weighted by atomic mass is 32.1. The molecule has 0 atom stereocenters. The number of rotatable bonds is 4. The Morgan fingerprint density at radius 1 is 1.56 bits per heavy atom. The topological polar surface area (TPSA) is 59.4 Å². The Kier molecular flexibility index (Phi) is 3.57. The van der Waals surface area contributed by atoms with E-state index in [0.717, 1.165) is 17.8 Å². The van der Waals surface area contributed by atoms with Gasteiger partial charge in [0.1, 0.15) is 28.7 Å². The first kappa shape index (κ1) is 12.5. The van der Waals surface area contributed by atoms with Crippen molar-refractivity contribution in [2.45, 2.75) is 13.5 Å². The Morgan fingerprint density at radius 3 is 2.94 bits per heavy atom. The summed E-state index contributed by atoms with van der Waals surface area (Å²) in [6.45, 7) is 1.98. The fraction of sp³-hybridized carbons (Fsp3) is 0.167. The zero-order valence-electron chi connectivity index (χ0n) is 9.51. The molecule has 0 aliphatic heterocycles. The van der Waals surface area contributed by atoms with E-state index >= 15 is 0 Å². The smallest absolute Gasteiger partial charge is 0.339 e. The molecule has 4 nitrogen and oxygen atoms in total. The Morgan fingerprint density at radius 2 is 2.33 bits per heavy atom. The van der Waals surface area contributed by atoms with E-state index in [0.29, 0.717) is 5.01 Å². The summed E-state index contributed by atoms with van der Waals surface area (Å²) in [6.07, 6.45) is 0. The predicted molar refractivity (Wildman–Crippen MR) is 64.5 cm³/mol. The van der Waals surface area contributed by atoms with Gasteiger partial charge in [0.2, 0.25) is 0 Å². The van der Waals surface area contributed by atoms with Crippen LogP contribution in [0.25, 0.3) is 0 Å². The molecule has 1 aromatic carbocycles. The number of hydrogen-bond acceptors (Lipinski definition) is 4. The summed E-state index contributed by atoms with van der Waals surface area (Å²) in [4.78, 5) is 15.1. The number of hydrogen-bond donors (Lipinski definition) is 1. The van der Waals surface area contributed by atoms with Gasteiger partial charge in [0.15, 0.2) is 0 Å². The van der Waals surface area contributed by atoms with Crippen molar-refractivity contribution in [1.29, 1.82) is 0 Å². The van der Waals surface area contributed by atoms with Gasteiger partial charge in [0.25, 0.3) is 0 Å². The molecule has 0 amide bonds. The number of thiazole rings is 1. The van der Waals surface area contributed by atoms with Crippen molar-refractivity contribution in [3.8, 4) is 5.75 Å². The van der Waals surface area contributed by atoms with Gasteiger partial charge in [-0.05, 0) is 19.1 Å². The number of carboxylic acids is 1. The van der Waals surface area contributed by atoms with Crippen LogP contribution in [-0.2, 0) is 6.61 Å². The lowest BCUT2D eigenvalue weighted by Crippen LogP contribution is -2.03. The van der Waals surface area contributed by atoms with Crippen LogP contribution in [0.2, 0.25) is 0 Å². The number of aromatic carboxylic acids is 1. The van der Waals surface area contributed by atoms with E-state index in [-0.39, 0.29) is 17.9 Å². The van der Waals surface area contributed by atoms with Gasteiger partial charge in [0, 0.05) is 17.1 Å². The van der Waals surface area contributed by atoms with Gasteiger partial charge in [-0.2, -0.15) is 0 Å². The van der Waals surface area contributed by atoms with E-state index in [1.165, 1.54) is 17.4 Å². The molecular formula is C12H10FNO3S. The van der Waals surface area contributed by atoms with Crippen LogP contribution in [0.3, 0.4) is 0 Å². The van der Waals surface area contributed by atoms with Crippen LogP contribution in [0.4, 0.5) is 4.39 Å². The Balaban J connectivity index is 2.17. The number of nitrogens with zero attached hydrogens (tertiary/aromatic N) is 1. The van der Waals surface area contributed by atoms with E-state index in [1.807, 2.05) is 12.3 Å². The SMILES string of the molecule is Cc1csc(COc2cc(F)ccc2C(=O)O)n1. The van der Waals surface area contributed by atoms with Crippen molar-refractivity contribution >= 4 is 17.3 Å². The molecule has 0 saturated carbocycles. The Bertz CT molecular complexity index is 582. The second-order valence-electron chi connectivity index (χ2n) is 3.62. The molecule has 2 aromatic rings. The molecule has 18 heavy (non-hydrogen) atoms. The van der Waals surface area contributed by atoms with E-state index < -0.39 is 11.8 Å². The van der Waals surface area contributed by atoms with Crippen LogP contribution in [0.1, 0.15) is 21.1 Å². The summed E-state index contributed by atoms with van der Waals surface area (Å²) in [5, 5.41) is 11.5. The number of carboxylic acid groups (broad SMARTS) is 1. The first-order valence-electron chi connectivity index (χ1n) is 5.13. The highest BCUT2D eigenvalue weighted by Gasteiger charge is 2.13. The number of aryl methyl sites for hydroxylation is 1. The predicted octanol–water partition coefficient (Wildman–Crippen LogP) is 2.87. The van der Waals surface area contributed by atoms with Crippen LogP contribution >= 0.6 is 11.3 Å². The molecule has 6 heteroatoms. The van der Waals surface area contributed by atoms with Crippen LogP contribution in [0.15, 0.2) is 23.6 Å². The van der Waals surface area contributed by atoms with E-state index in [2.05, 4.69) is 4.98 Å². The highest BCUT2D eigenvalue weighted by molar-refractivity contribution is 7.09. The van der Waals surface area contributed by atoms with Gasteiger partial charge in [-0.1, -0.05) is 0 Å². The minimum Gasteiger partial charge on any atom is -0.485 e. The summed E-state index contributed by atoms with van der Waals surface area (Å²) in [5.41, 5.74) is 0.806. The Hall–Kier alpha value is -1.95. The maximum absolute atomic E-state index is 13.1. The quantitative estimate of drug-likeness (QED) is 0.925. The zero-order valence-corrected chi connectivity index (χ0v) is 10.3. The maximum Gasteiger partial charge on any atom is 0.339 e. The Labute approximate surface area is 107 Å². The van der Waals surface area contributed by atoms with Gasteiger partial charge in [-0.15, -0.1) is 11.3 Å². The minimum absolute atomic E-state index is 0.00959. The van der Waals surface area contributed by atoms with Crippen LogP contribution in [-0.4, -0.2) is 16.1 Å². The molecule has 0 unspecified atom stereocenters. The lowest BCUT2D eigenvalue weighted by atomic mass is 10.2. The van der Waals surface area contributed by atoms with Gasteiger partial charge < -0.3 is 9.84 Å². The maximum atomic E-state index is 13.1. The lowest BCUT2D eigenvalue weighted by Gasteiger charge is -2.07. The molecular weight excluding hydrogens is 257 g/mol. The van der Waals surface area contributed by atoms with E-state index in [9.17, 15) is 9.18 Å². The van der Waals surface area contributed by atoms with Gasteiger partial charge >= 0.3 is 5.97 Å². The standard InChI is InChI=1S/C12H10FNO3S/c1-7-6-18-11(14-7)5-17-10-4-8(13)2-3-9(10)12(15)16/h2-4,6H,5H2,1H3,(H,15,16). The molecule has 1 heterocycles. The van der Waals surface area contributed by atoms with Crippen molar-refractivity contribution < 1.29 is 19.0 Å². The number of halogens is 1. The number of benzene rings is 1. The largest absolute Gasteiger partial charge is 0.485 e. The summed E-state index contributed by atoms with van der Waals surface area (Å²) < 4.78 is 18.4. The van der Waals surface area contributed by atoms with Crippen molar-refractivity contribution in [3.63, 3.8) is 0 Å². The average Bonchev–Trinajstić information content (AvgIpc) is 2.72. The molecule has 0 fully saturated rings. The third kappa shape index (κ3) is 2.84.